The zero-order valence-corrected chi connectivity index (χ0v) is 16.6. The molecule has 2 aliphatic rings. The van der Waals surface area contributed by atoms with Crippen LogP contribution in [0.2, 0.25) is 0 Å². The Bertz CT molecular complexity index is 1420. The molecule has 5 rings (SSSR count). The molecule has 1 amide bonds. The summed E-state index contributed by atoms with van der Waals surface area (Å²) in [4.78, 5) is 43.1. The highest BCUT2D eigenvalue weighted by Gasteiger charge is 2.28. The molecular formula is C20H15N5O4S. The molecule has 0 atom stereocenters. The molecule has 0 spiro atoms. The summed E-state index contributed by atoms with van der Waals surface area (Å²) in [5.41, 5.74) is 3.03. The number of non-ortho nitro benzene ring substituents is 1. The van der Waals surface area contributed by atoms with Crippen LogP contribution in [0.1, 0.15) is 11.1 Å². The van der Waals surface area contributed by atoms with Gasteiger partial charge in [0.1, 0.15) is 17.9 Å². The third-order valence-corrected chi connectivity index (χ3v) is 6.22. The van der Waals surface area contributed by atoms with Crippen LogP contribution in [0, 0.1) is 17.0 Å². The van der Waals surface area contributed by atoms with E-state index in [4.69, 9.17) is 0 Å². The van der Waals surface area contributed by atoms with E-state index in [9.17, 15) is 19.7 Å². The average Bonchev–Trinajstić information content (AvgIpc) is 3.23. The minimum absolute atomic E-state index is 0.0261. The summed E-state index contributed by atoms with van der Waals surface area (Å²) >= 11 is 1.19. The van der Waals surface area contributed by atoms with E-state index >= 15 is 0 Å². The lowest BCUT2D eigenvalue weighted by molar-refractivity contribution is -0.384. The average molecular weight is 421 g/mol. The largest absolute Gasteiger partial charge is 0.333 e. The predicted octanol–water partition coefficient (Wildman–Crippen LogP) is 1.33. The van der Waals surface area contributed by atoms with Gasteiger partial charge in [-0.05, 0) is 25.1 Å². The van der Waals surface area contributed by atoms with Crippen LogP contribution in [0.4, 0.5) is 17.1 Å². The van der Waals surface area contributed by atoms with Crippen LogP contribution in [-0.4, -0.2) is 22.1 Å². The molecule has 1 aromatic heterocycles. The van der Waals surface area contributed by atoms with Gasteiger partial charge in [-0.3, -0.25) is 24.3 Å². The van der Waals surface area contributed by atoms with Crippen molar-refractivity contribution < 1.29 is 9.72 Å². The van der Waals surface area contributed by atoms with Gasteiger partial charge in [0.25, 0.3) is 17.2 Å². The van der Waals surface area contributed by atoms with E-state index in [0.717, 1.165) is 5.56 Å². The summed E-state index contributed by atoms with van der Waals surface area (Å²) in [6.07, 6.45) is 0. The summed E-state index contributed by atoms with van der Waals surface area (Å²) < 4.78 is 1.84. The number of benzene rings is 2. The molecule has 150 valence electrons. The molecule has 2 aliphatic heterocycles. The van der Waals surface area contributed by atoms with Crippen molar-refractivity contribution in [3.63, 3.8) is 0 Å². The first-order chi connectivity index (χ1) is 14.4. The highest BCUT2D eigenvalue weighted by molar-refractivity contribution is 7.07. The van der Waals surface area contributed by atoms with Crippen molar-refractivity contribution in [2.24, 2.45) is 4.99 Å². The molecule has 2 aromatic carbocycles. The molecule has 0 bridgehead atoms. The minimum Gasteiger partial charge on any atom is -0.333 e. The van der Waals surface area contributed by atoms with Crippen LogP contribution >= 0.6 is 11.3 Å². The zero-order valence-electron chi connectivity index (χ0n) is 15.8. The number of fused-ring (bicyclic) bond motifs is 2. The minimum atomic E-state index is -0.459. The summed E-state index contributed by atoms with van der Waals surface area (Å²) in [6.45, 7) is 2.39. The first-order valence-electron chi connectivity index (χ1n) is 9.12. The molecule has 0 saturated carbocycles. The smallest absolute Gasteiger partial charge is 0.272 e. The van der Waals surface area contributed by atoms with Gasteiger partial charge in [-0.2, -0.15) is 0 Å². The van der Waals surface area contributed by atoms with Gasteiger partial charge >= 0.3 is 0 Å². The molecule has 30 heavy (non-hydrogen) atoms. The molecule has 0 fully saturated rings. The van der Waals surface area contributed by atoms with Crippen molar-refractivity contribution in [3.05, 3.63) is 83.4 Å². The number of hydrogen-bond donors (Lipinski definition) is 1. The fraction of sp³-hybridized carbons (Fsp3) is 0.150. The molecule has 3 aromatic rings. The summed E-state index contributed by atoms with van der Waals surface area (Å²) in [6, 6.07) is 11.8. The number of carbonyl (C=O) groups is 1. The standard InChI is InChI=1S/C20H15N5O4S/c1-11-5-6-15-14(7-11)16(18(26)22-15)17-19(27)24-10-23(9-21-20(24)30-17)12-3-2-4-13(8-12)25(28)29/h2-8H,9-10H2,1H3,(H,22,26)/b17-16-. The Morgan fingerprint density at radius 1 is 1.20 bits per heavy atom. The van der Waals surface area contributed by atoms with Gasteiger partial charge in [-0.25, -0.2) is 4.99 Å². The second-order valence-corrected chi connectivity index (χ2v) is 8.06. The third-order valence-electron chi connectivity index (χ3n) is 5.10. The molecular weight excluding hydrogens is 406 g/mol. The number of aromatic nitrogens is 1. The quantitative estimate of drug-likeness (QED) is 0.496. The fourth-order valence-electron chi connectivity index (χ4n) is 3.63. The molecule has 1 N–H and O–H groups in total. The highest BCUT2D eigenvalue weighted by atomic mass is 32.1. The second kappa shape index (κ2) is 6.63. The van der Waals surface area contributed by atoms with Gasteiger partial charge in [0.05, 0.1) is 10.5 Å². The van der Waals surface area contributed by atoms with Crippen LogP contribution in [0.25, 0.3) is 5.57 Å². The Kier molecular flexibility index (Phi) is 4.03. The van der Waals surface area contributed by atoms with Gasteiger partial charge in [0.2, 0.25) is 0 Å². The summed E-state index contributed by atoms with van der Waals surface area (Å²) in [7, 11) is 0. The summed E-state index contributed by atoms with van der Waals surface area (Å²) in [5, 5.41) is 13.9. The third kappa shape index (κ3) is 2.80. The predicted molar refractivity (Wildman–Crippen MR) is 112 cm³/mol. The lowest BCUT2D eigenvalue weighted by atomic mass is 10.1. The van der Waals surface area contributed by atoms with Crippen LogP contribution in [0.5, 0.6) is 0 Å². The number of hydrogen-bond acceptors (Lipinski definition) is 7. The molecule has 0 saturated heterocycles. The lowest BCUT2D eigenvalue weighted by Gasteiger charge is -2.25. The number of nitro groups is 1. The molecule has 3 heterocycles. The topological polar surface area (TPSA) is 110 Å². The van der Waals surface area contributed by atoms with Crippen molar-refractivity contribution in [1.82, 2.24) is 4.57 Å². The SMILES string of the molecule is Cc1ccc2c(c1)/C(=c1/sc3n(c1=O)CN(c1cccc([N+](=O)[O-])c1)CN=3)C(=O)N2. The van der Waals surface area contributed by atoms with Crippen molar-refractivity contribution in [3.8, 4) is 0 Å². The maximum atomic E-state index is 13.2. The van der Waals surface area contributed by atoms with E-state index in [-0.39, 0.29) is 30.5 Å². The van der Waals surface area contributed by atoms with E-state index in [1.807, 2.05) is 25.1 Å². The molecule has 9 nitrogen and oxygen atoms in total. The van der Waals surface area contributed by atoms with Gasteiger partial charge < -0.3 is 10.2 Å². The van der Waals surface area contributed by atoms with Crippen molar-refractivity contribution in [2.45, 2.75) is 13.6 Å². The van der Waals surface area contributed by atoms with Crippen molar-refractivity contribution in [2.75, 3.05) is 16.9 Å². The number of amides is 1. The fourth-order valence-corrected chi connectivity index (χ4v) is 4.69. The second-order valence-electron chi connectivity index (χ2n) is 7.08. The number of thiazole rings is 1. The highest BCUT2D eigenvalue weighted by Crippen LogP contribution is 2.30. The Balaban J connectivity index is 1.62. The Hall–Kier alpha value is -3.79. The Labute approximate surface area is 173 Å². The lowest BCUT2D eigenvalue weighted by Crippen LogP contribution is -2.43. The van der Waals surface area contributed by atoms with E-state index < -0.39 is 4.92 Å². The zero-order chi connectivity index (χ0) is 21.0. The number of nitrogens with one attached hydrogen (secondary N) is 1. The number of aryl methyl sites for hydroxylation is 1. The van der Waals surface area contributed by atoms with Crippen LogP contribution in [0.3, 0.4) is 0 Å². The number of rotatable bonds is 2. The number of nitro benzene ring substituents is 1. The van der Waals surface area contributed by atoms with Gasteiger partial charge in [-0.15, -0.1) is 0 Å². The summed E-state index contributed by atoms with van der Waals surface area (Å²) in [5.74, 6) is -0.303. The maximum Gasteiger partial charge on any atom is 0.272 e. The van der Waals surface area contributed by atoms with Gasteiger partial charge in [0.15, 0.2) is 4.80 Å². The first-order valence-corrected chi connectivity index (χ1v) is 9.94. The van der Waals surface area contributed by atoms with E-state index in [1.54, 1.807) is 17.0 Å². The van der Waals surface area contributed by atoms with Gasteiger partial charge in [-0.1, -0.05) is 29.0 Å². The number of carbonyl (C=O) groups excluding carboxylic acids is 1. The number of anilines is 2. The van der Waals surface area contributed by atoms with Gasteiger partial charge in [0, 0.05) is 29.1 Å². The Morgan fingerprint density at radius 2 is 2.03 bits per heavy atom. The van der Waals surface area contributed by atoms with E-state index in [2.05, 4.69) is 10.3 Å². The number of nitrogens with zero attached hydrogens (tertiary/aromatic N) is 4. The molecule has 0 unspecified atom stereocenters. The van der Waals surface area contributed by atoms with Crippen LogP contribution in [-0.2, 0) is 11.5 Å². The van der Waals surface area contributed by atoms with Crippen LogP contribution in [0.15, 0.2) is 52.3 Å². The molecule has 0 radical (unpaired) electrons. The Morgan fingerprint density at radius 3 is 2.83 bits per heavy atom. The van der Waals surface area contributed by atoms with Crippen molar-refractivity contribution in [1.29, 1.82) is 0 Å². The normalized spacial score (nSPS) is 16.6. The van der Waals surface area contributed by atoms with Crippen LogP contribution < -0.4 is 25.1 Å². The van der Waals surface area contributed by atoms with E-state index in [0.29, 0.717) is 31.8 Å². The van der Waals surface area contributed by atoms with Crippen molar-refractivity contribution >= 4 is 39.9 Å². The molecule has 0 aliphatic carbocycles. The monoisotopic (exact) mass is 421 g/mol. The van der Waals surface area contributed by atoms with E-state index in [1.165, 1.54) is 28.0 Å². The first kappa shape index (κ1) is 18.3. The maximum absolute atomic E-state index is 13.2. The molecule has 10 heteroatoms.